The fraction of sp³-hybridized carbons (Fsp3) is 0.550. The number of ether oxygens (including phenoxy) is 2. The summed E-state index contributed by atoms with van der Waals surface area (Å²) in [6, 6.07) is 6.17. The molecule has 3 heterocycles. The van der Waals surface area contributed by atoms with Crippen molar-refractivity contribution in [3.63, 3.8) is 0 Å². The van der Waals surface area contributed by atoms with Crippen LogP contribution in [0.25, 0.3) is 11.3 Å². The number of rotatable bonds is 6. The number of imidazole rings is 1. The summed E-state index contributed by atoms with van der Waals surface area (Å²) in [4.78, 5) is 7.27. The maximum absolute atomic E-state index is 5.73. The summed E-state index contributed by atoms with van der Waals surface area (Å²) >= 11 is 1.86. The van der Waals surface area contributed by atoms with E-state index in [1.54, 1.807) is 0 Å². The van der Waals surface area contributed by atoms with Crippen molar-refractivity contribution in [3.05, 3.63) is 24.4 Å². The lowest BCUT2D eigenvalue weighted by Crippen LogP contribution is -2.31. The highest BCUT2D eigenvalue weighted by atomic mass is 32.2. The molecule has 0 bridgehead atoms. The monoisotopic (exact) mass is 373 g/mol. The van der Waals surface area contributed by atoms with Crippen LogP contribution < -0.4 is 9.47 Å². The molecule has 0 aliphatic carbocycles. The van der Waals surface area contributed by atoms with Crippen LogP contribution in [-0.4, -0.2) is 53.1 Å². The Morgan fingerprint density at radius 1 is 1.08 bits per heavy atom. The Morgan fingerprint density at radius 3 is 2.69 bits per heavy atom. The van der Waals surface area contributed by atoms with Gasteiger partial charge in [-0.2, -0.15) is 0 Å². The molecule has 2 aliphatic heterocycles. The van der Waals surface area contributed by atoms with Crippen molar-refractivity contribution in [2.75, 3.05) is 38.6 Å². The molecule has 1 fully saturated rings. The van der Waals surface area contributed by atoms with Crippen LogP contribution in [-0.2, 0) is 6.54 Å². The molecule has 2 aromatic rings. The number of hydrogen-bond acceptors (Lipinski definition) is 5. The zero-order valence-corrected chi connectivity index (χ0v) is 16.3. The molecule has 0 spiro atoms. The van der Waals surface area contributed by atoms with Gasteiger partial charge in [0, 0.05) is 24.4 Å². The highest BCUT2D eigenvalue weighted by Crippen LogP contribution is 2.35. The van der Waals surface area contributed by atoms with Crippen LogP contribution in [0.5, 0.6) is 11.5 Å². The minimum Gasteiger partial charge on any atom is -0.486 e. The van der Waals surface area contributed by atoms with Gasteiger partial charge in [0.2, 0.25) is 0 Å². The average molecular weight is 374 g/mol. The van der Waals surface area contributed by atoms with Gasteiger partial charge < -0.3 is 18.9 Å². The Hall–Kier alpha value is -1.66. The van der Waals surface area contributed by atoms with Crippen LogP contribution in [0.1, 0.15) is 26.2 Å². The summed E-state index contributed by atoms with van der Waals surface area (Å²) in [6.07, 6.45) is 6.08. The van der Waals surface area contributed by atoms with E-state index in [9.17, 15) is 0 Å². The van der Waals surface area contributed by atoms with E-state index in [0.29, 0.717) is 13.2 Å². The molecule has 26 heavy (non-hydrogen) atoms. The minimum absolute atomic E-state index is 0.612. The second-order valence-electron chi connectivity index (χ2n) is 6.78. The van der Waals surface area contributed by atoms with Gasteiger partial charge >= 0.3 is 0 Å². The van der Waals surface area contributed by atoms with Crippen LogP contribution >= 0.6 is 11.8 Å². The number of likely N-dealkylation sites (tertiary alicyclic amines) is 1. The van der Waals surface area contributed by atoms with E-state index in [-0.39, 0.29) is 0 Å². The van der Waals surface area contributed by atoms with Gasteiger partial charge in [-0.15, -0.1) is 0 Å². The number of hydrogen-bond donors (Lipinski definition) is 0. The average Bonchev–Trinajstić information content (AvgIpc) is 3.11. The molecule has 1 aromatic heterocycles. The van der Waals surface area contributed by atoms with Crippen LogP contribution in [0.15, 0.2) is 29.6 Å². The lowest BCUT2D eigenvalue weighted by molar-refractivity contribution is 0.171. The Labute approximate surface area is 159 Å². The molecule has 0 atom stereocenters. The largest absolute Gasteiger partial charge is 0.486 e. The van der Waals surface area contributed by atoms with Crippen molar-refractivity contribution in [2.24, 2.45) is 0 Å². The quantitative estimate of drug-likeness (QED) is 0.718. The third-order valence-electron chi connectivity index (χ3n) is 5.06. The van der Waals surface area contributed by atoms with E-state index in [4.69, 9.17) is 14.5 Å². The van der Waals surface area contributed by atoms with Crippen LogP contribution in [0.3, 0.4) is 0 Å². The molecule has 2 aliphatic rings. The molecule has 1 saturated heterocycles. The molecular formula is C20H27N3O2S. The zero-order chi connectivity index (χ0) is 17.8. The molecular weight excluding hydrogens is 346 g/mol. The van der Waals surface area contributed by atoms with E-state index in [2.05, 4.69) is 28.5 Å². The van der Waals surface area contributed by atoms with E-state index >= 15 is 0 Å². The maximum Gasteiger partial charge on any atom is 0.168 e. The predicted octanol–water partition coefficient (Wildman–Crippen LogP) is 3.92. The van der Waals surface area contributed by atoms with Gasteiger partial charge in [0.25, 0.3) is 0 Å². The number of thioether (sulfide) groups is 1. The van der Waals surface area contributed by atoms with Crippen LogP contribution in [0.2, 0.25) is 0 Å². The summed E-state index contributed by atoms with van der Waals surface area (Å²) in [5.41, 5.74) is 2.27. The van der Waals surface area contributed by atoms with Crippen molar-refractivity contribution in [1.29, 1.82) is 0 Å². The van der Waals surface area contributed by atoms with E-state index in [1.165, 1.54) is 32.4 Å². The number of nitrogens with zero attached hydrogens (tertiary/aromatic N) is 3. The molecule has 0 amide bonds. The third-order valence-corrected chi connectivity index (χ3v) is 6.03. The van der Waals surface area contributed by atoms with Crippen molar-refractivity contribution in [1.82, 2.24) is 14.5 Å². The Bertz CT molecular complexity index is 741. The van der Waals surface area contributed by atoms with Gasteiger partial charge in [0.15, 0.2) is 16.7 Å². The first-order valence-electron chi connectivity index (χ1n) is 9.66. The van der Waals surface area contributed by atoms with Gasteiger partial charge in [-0.05, 0) is 51.1 Å². The number of aromatic nitrogens is 2. The highest BCUT2D eigenvalue weighted by molar-refractivity contribution is 7.99. The molecule has 0 saturated carbocycles. The van der Waals surface area contributed by atoms with Crippen molar-refractivity contribution < 1.29 is 9.47 Å². The maximum atomic E-state index is 5.73. The Kier molecular flexibility index (Phi) is 5.70. The van der Waals surface area contributed by atoms with Gasteiger partial charge in [0.05, 0.1) is 11.9 Å². The first-order chi connectivity index (χ1) is 12.8. The zero-order valence-electron chi connectivity index (χ0n) is 15.4. The minimum atomic E-state index is 0.612. The van der Waals surface area contributed by atoms with Crippen LogP contribution in [0, 0.1) is 0 Å². The molecule has 1 aromatic carbocycles. The summed E-state index contributed by atoms with van der Waals surface area (Å²) < 4.78 is 13.7. The molecule has 5 nitrogen and oxygen atoms in total. The summed E-state index contributed by atoms with van der Waals surface area (Å²) in [5, 5.41) is 1.11. The summed E-state index contributed by atoms with van der Waals surface area (Å²) in [6.45, 7) is 7.99. The topological polar surface area (TPSA) is 39.5 Å². The molecule has 0 unspecified atom stereocenters. The number of fused-ring (bicyclic) bond motifs is 1. The summed E-state index contributed by atoms with van der Waals surface area (Å²) in [7, 11) is 0. The first kappa shape index (κ1) is 17.7. The fourth-order valence-electron chi connectivity index (χ4n) is 3.66. The van der Waals surface area contributed by atoms with E-state index < -0.39 is 0 Å². The second kappa shape index (κ2) is 8.35. The molecule has 140 valence electrons. The van der Waals surface area contributed by atoms with Crippen LogP contribution in [0.4, 0.5) is 0 Å². The smallest absolute Gasteiger partial charge is 0.168 e. The van der Waals surface area contributed by atoms with E-state index in [1.807, 2.05) is 24.0 Å². The number of benzene rings is 1. The van der Waals surface area contributed by atoms with E-state index in [0.717, 1.165) is 46.8 Å². The Balaban J connectivity index is 1.46. The van der Waals surface area contributed by atoms with Crippen molar-refractivity contribution in [2.45, 2.75) is 37.9 Å². The SMILES string of the molecule is CCn1c(-c2ccc3c(c2)OCCO3)cnc1SCCN1CCCCC1. The Morgan fingerprint density at radius 2 is 1.88 bits per heavy atom. The first-order valence-corrected chi connectivity index (χ1v) is 10.6. The molecule has 0 radical (unpaired) electrons. The van der Waals surface area contributed by atoms with Gasteiger partial charge in [0.1, 0.15) is 13.2 Å². The summed E-state index contributed by atoms with van der Waals surface area (Å²) in [5.74, 6) is 2.76. The molecule has 4 rings (SSSR count). The predicted molar refractivity (Wildman–Crippen MR) is 105 cm³/mol. The molecule has 0 N–H and O–H groups in total. The second-order valence-corrected chi connectivity index (χ2v) is 7.84. The molecule has 6 heteroatoms. The highest BCUT2D eigenvalue weighted by Gasteiger charge is 2.16. The number of piperidine rings is 1. The normalized spacial score (nSPS) is 17.4. The van der Waals surface area contributed by atoms with Gasteiger partial charge in [-0.1, -0.05) is 18.2 Å². The van der Waals surface area contributed by atoms with Gasteiger partial charge in [-0.25, -0.2) is 4.98 Å². The third kappa shape index (κ3) is 3.86. The lowest BCUT2D eigenvalue weighted by atomic mass is 10.1. The fourth-order valence-corrected chi connectivity index (χ4v) is 4.70. The van der Waals surface area contributed by atoms with Crippen molar-refractivity contribution >= 4 is 11.8 Å². The lowest BCUT2D eigenvalue weighted by Gasteiger charge is -2.26. The van der Waals surface area contributed by atoms with Gasteiger partial charge in [-0.3, -0.25) is 0 Å². The standard InChI is InChI=1S/C20H27N3O2S/c1-2-23-17(16-6-7-18-19(14-16)25-12-11-24-18)15-21-20(23)26-13-10-22-8-4-3-5-9-22/h6-7,14-15H,2-5,8-13H2,1H3. The van der Waals surface area contributed by atoms with Crippen molar-refractivity contribution in [3.8, 4) is 22.8 Å².